The predicted octanol–water partition coefficient (Wildman–Crippen LogP) is 3.15. The van der Waals surface area contributed by atoms with Crippen LogP contribution in [0.2, 0.25) is 0 Å². The summed E-state index contributed by atoms with van der Waals surface area (Å²) in [5.74, 6) is 0.105. The Morgan fingerprint density at radius 3 is 2.68 bits per heavy atom. The van der Waals surface area contributed by atoms with Crippen molar-refractivity contribution < 1.29 is 4.79 Å². The number of amides is 1. The highest BCUT2D eigenvalue weighted by molar-refractivity contribution is 7.15. The van der Waals surface area contributed by atoms with Crippen LogP contribution in [0.5, 0.6) is 0 Å². The minimum atomic E-state index is 0.105. The third kappa shape index (κ3) is 4.48. The van der Waals surface area contributed by atoms with Crippen molar-refractivity contribution in [1.29, 1.82) is 0 Å². The topological polar surface area (TPSA) is 59.0 Å². The number of carbonyl (C=O) groups is 1. The molecule has 25 heavy (non-hydrogen) atoms. The lowest BCUT2D eigenvalue weighted by molar-refractivity contribution is -0.129. The summed E-state index contributed by atoms with van der Waals surface area (Å²) in [5.41, 5.74) is 2.93. The summed E-state index contributed by atoms with van der Waals surface area (Å²) in [6, 6.07) is 9.71. The van der Waals surface area contributed by atoms with Crippen LogP contribution in [0.1, 0.15) is 16.1 Å². The quantitative estimate of drug-likeness (QED) is 0.684. The Morgan fingerprint density at radius 2 is 1.96 bits per heavy atom. The third-order valence-corrected chi connectivity index (χ3v) is 5.18. The molecule has 0 aromatic carbocycles. The molecule has 0 N–H and O–H groups in total. The van der Waals surface area contributed by atoms with E-state index < -0.39 is 0 Å². The van der Waals surface area contributed by atoms with Crippen LogP contribution < -0.4 is 0 Å². The maximum absolute atomic E-state index is 12.5. The molecule has 0 unspecified atom stereocenters. The number of carbonyl (C=O) groups excluding carboxylic acids is 1. The van der Waals surface area contributed by atoms with Gasteiger partial charge in [-0.3, -0.25) is 14.8 Å². The number of aryl methyl sites for hydroxylation is 1. The molecule has 0 saturated heterocycles. The Morgan fingerprint density at radius 1 is 1.16 bits per heavy atom. The molecule has 0 bridgehead atoms. The SMILES string of the molecule is Cc1nc(-c2ccccn2)sc1CC(=O)N(C)CCc1ccncc1. The van der Waals surface area contributed by atoms with Crippen LogP contribution in [0, 0.1) is 6.92 Å². The predicted molar refractivity (Wildman–Crippen MR) is 99.4 cm³/mol. The van der Waals surface area contributed by atoms with Crippen molar-refractivity contribution in [3.05, 3.63) is 65.1 Å². The van der Waals surface area contributed by atoms with Gasteiger partial charge in [0.05, 0.1) is 17.8 Å². The highest BCUT2D eigenvalue weighted by Crippen LogP contribution is 2.26. The van der Waals surface area contributed by atoms with E-state index in [0.29, 0.717) is 13.0 Å². The van der Waals surface area contributed by atoms with Gasteiger partial charge in [-0.25, -0.2) is 4.98 Å². The smallest absolute Gasteiger partial charge is 0.227 e. The second-order valence-electron chi connectivity index (χ2n) is 5.84. The molecule has 0 spiro atoms. The van der Waals surface area contributed by atoms with Crippen molar-refractivity contribution in [2.24, 2.45) is 0 Å². The van der Waals surface area contributed by atoms with E-state index in [1.807, 2.05) is 44.3 Å². The van der Waals surface area contributed by atoms with E-state index >= 15 is 0 Å². The molecule has 3 aromatic heterocycles. The van der Waals surface area contributed by atoms with Gasteiger partial charge in [-0.1, -0.05) is 6.07 Å². The van der Waals surface area contributed by atoms with Gasteiger partial charge in [0.25, 0.3) is 0 Å². The van der Waals surface area contributed by atoms with Crippen LogP contribution in [-0.4, -0.2) is 39.4 Å². The summed E-state index contributed by atoms with van der Waals surface area (Å²) < 4.78 is 0. The van der Waals surface area contributed by atoms with Crippen molar-refractivity contribution in [2.75, 3.05) is 13.6 Å². The van der Waals surface area contributed by atoms with Gasteiger partial charge in [-0.2, -0.15) is 0 Å². The molecule has 0 atom stereocenters. The zero-order valence-electron chi connectivity index (χ0n) is 14.3. The summed E-state index contributed by atoms with van der Waals surface area (Å²) in [6.07, 6.45) is 6.51. The van der Waals surface area contributed by atoms with Gasteiger partial charge in [0, 0.05) is 37.1 Å². The van der Waals surface area contributed by atoms with Crippen molar-refractivity contribution in [3.8, 4) is 10.7 Å². The molecule has 0 aliphatic heterocycles. The standard InChI is InChI=1S/C19H20N4OS/c1-14-17(25-19(22-14)16-5-3-4-9-21-16)13-18(24)23(2)12-8-15-6-10-20-11-7-15/h3-7,9-11H,8,12-13H2,1-2H3. The molecular weight excluding hydrogens is 332 g/mol. The normalized spacial score (nSPS) is 10.6. The van der Waals surface area contributed by atoms with E-state index in [-0.39, 0.29) is 5.91 Å². The maximum atomic E-state index is 12.5. The van der Waals surface area contributed by atoms with Crippen LogP contribution in [0.3, 0.4) is 0 Å². The van der Waals surface area contributed by atoms with Crippen LogP contribution in [0.15, 0.2) is 48.9 Å². The number of nitrogens with zero attached hydrogens (tertiary/aromatic N) is 4. The van der Waals surface area contributed by atoms with Crippen molar-refractivity contribution >= 4 is 17.2 Å². The number of rotatable bonds is 6. The van der Waals surface area contributed by atoms with Crippen molar-refractivity contribution in [2.45, 2.75) is 19.8 Å². The Bertz CT molecular complexity index is 833. The Labute approximate surface area is 151 Å². The highest BCUT2D eigenvalue weighted by atomic mass is 32.1. The number of pyridine rings is 2. The number of likely N-dealkylation sites (N-methyl/N-ethyl adjacent to an activating group) is 1. The zero-order chi connectivity index (χ0) is 17.6. The monoisotopic (exact) mass is 352 g/mol. The Kier molecular flexibility index (Phi) is 5.50. The first-order chi connectivity index (χ1) is 12.1. The van der Waals surface area contributed by atoms with Crippen molar-refractivity contribution in [1.82, 2.24) is 19.9 Å². The highest BCUT2D eigenvalue weighted by Gasteiger charge is 2.16. The molecule has 0 aliphatic rings. The lowest BCUT2D eigenvalue weighted by atomic mass is 10.2. The van der Waals surface area contributed by atoms with Gasteiger partial charge in [0.1, 0.15) is 5.01 Å². The maximum Gasteiger partial charge on any atom is 0.227 e. The average Bonchev–Trinajstić information content (AvgIpc) is 3.02. The first kappa shape index (κ1) is 17.2. The summed E-state index contributed by atoms with van der Waals surface area (Å²) >= 11 is 1.54. The van der Waals surface area contributed by atoms with Gasteiger partial charge >= 0.3 is 0 Å². The van der Waals surface area contributed by atoms with Crippen LogP contribution in [-0.2, 0) is 17.6 Å². The molecule has 0 fully saturated rings. The number of hydrogen-bond donors (Lipinski definition) is 0. The second-order valence-corrected chi connectivity index (χ2v) is 6.92. The molecule has 0 radical (unpaired) electrons. The summed E-state index contributed by atoms with van der Waals surface area (Å²) in [4.78, 5) is 28.2. The van der Waals surface area contributed by atoms with E-state index in [4.69, 9.17) is 0 Å². The van der Waals surface area contributed by atoms with E-state index in [1.54, 1.807) is 34.8 Å². The fourth-order valence-electron chi connectivity index (χ4n) is 2.43. The molecular formula is C19H20N4OS. The average molecular weight is 352 g/mol. The Balaban J connectivity index is 1.61. The Hall–Kier alpha value is -2.60. The molecule has 6 heteroatoms. The zero-order valence-corrected chi connectivity index (χ0v) is 15.2. The molecule has 128 valence electrons. The van der Waals surface area contributed by atoms with Gasteiger partial charge in [-0.05, 0) is 43.2 Å². The van der Waals surface area contributed by atoms with E-state index in [1.165, 1.54) is 5.56 Å². The minimum absolute atomic E-state index is 0.105. The lowest BCUT2D eigenvalue weighted by Crippen LogP contribution is -2.30. The summed E-state index contributed by atoms with van der Waals surface area (Å²) in [7, 11) is 1.85. The molecule has 0 aliphatic carbocycles. The molecule has 0 saturated carbocycles. The minimum Gasteiger partial charge on any atom is -0.345 e. The van der Waals surface area contributed by atoms with Crippen molar-refractivity contribution in [3.63, 3.8) is 0 Å². The van der Waals surface area contributed by atoms with Gasteiger partial charge in [0.15, 0.2) is 0 Å². The van der Waals surface area contributed by atoms with Crippen LogP contribution in [0.25, 0.3) is 10.7 Å². The van der Waals surface area contributed by atoms with Gasteiger partial charge < -0.3 is 4.90 Å². The summed E-state index contributed by atoms with van der Waals surface area (Å²) in [5, 5.41) is 0.861. The van der Waals surface area contributed by atoms with E-state index in [9.17, 15) is 4.79 Å². The molecule has 5 nitrogen and oxygen atoms in total. The van der Waals surface area contributed by atoms with Gasteiger partial charge in [-0.15, -0.1) is 11.3 Å². The fourth-order valence-corrected chi connectivity index (χ4v) is 3.46. The fraction of sp³-hybridized carbons (Fsp3) is 0.263. The molecule has 3 heterocycles. The van der Waals surface area contributed by atoms with Crippen LogP contribution in [0.4, 0.5) is 0 Å². The van der Waals surface area contributed by atoms with E-state index in [2.05, 4.69) is 15.0 Å². The largest absolute Gasteiger partial charge is 0.345 e. The third-order valence-electron chi connectivity index (χ3n) is 4.00. The van der Waals surface area contributed by atoms with Crippen LogP contribution >= 0.6 is 11.3 Å². The van der Waals surface area contributed by atoms with E-state index in [0.717, 1.165) is 27.7 Å². The number of hydrogen-bond acceptors (Lipinski definition) is 5. The first-order valence-electron chi connectivity index (χ1n) is 8.14. The molecule has 3 aromatic rings. The number of thiazole rings is 1. The van der Waals surface area contributed by atoms with Gasteiger partial charge in [0.2, 0.25) is 5.91 Å². The molecule has 1 amide bonds. The lowest BCUT2D eigenvalue weighted by Gasteiger charge is -2.16. The summed E-state index contributed by atoms with van der Waals surface area (Å²) in [6.45, 7) is 2.64. The second kappa shape index (κ2) is 7.98. The molecule has 3 rings (SSSR count). The first-order valence-corrected chi connectivity index (χ1v) is 8.95. The number of aromatic nitrogens is 3.